The fourth-order valence-corrected chi connectivity index (χ4v) is 4.09. The Hall–Kier alpha value is -2.28. The number of halogens is 1. The number of terminal acetylenes is 1. The average molecular weight is 411 g/mol. The fourth-order valence-electron chi connectivity index (χ4n) is 3.10. The second-order valence-electron chi connectivity index (χ2n) is 6.74. The Morgan fingerprint density at radius 1 is 1.29 bits per heavy atom. The molecule has 0 saturated heterocycles. The number of hydrogen-bond donors (Lipinski definition) is 0. The van der Waals surface area contributed by atoms with E-state index in [-0.39, 0.29) is 0 Å². The maximum absolute atomic E-state index is 6.60. The molecule has 0 N–H and O–H groups in total. The predicted octanol–water partition coefficient (Wildman–Crippen LogP) is 6.81. The number of nitrogens with zero attached hydrogens (tertiary/aromatic N) is 2. The van der Waals surface area contributed by atoms with Crippen LogP contribution in [0.15, 0.2) is 74.4 Å². The summed E-state index contributed by atoms with van der Waals surface area (Å²) in [4.78, 5) is 8.15. The molecule has 4 heteroatoms. The van der Waals surface area contributed by atoms with Crippen LogP contribution in [0.1, 0.15) is 38.5 Å². The van der Waals surface area contributed by atoms with Crippen LogP contribution in [0.4, 0.5) is 0 Å². The van der Waals surface area contributed by atoms with Gasteiger partial charge in [0, 0.05) is 52.3 Å². The van der Waals surface area contributed by atoms with Crippen molar-refractivity contribution in [3.8, 4) is 12.3 Å². The topological polar surface area (TPSA) is 15.6 Å². The first-order valence-corrected chi connectivity index (χ1v) is 10.5. The van der Waals surface area contributed by atoms with Gasteiger partial charge in [-0.2, -0.15) is 0 Å². The molecule has 0 fully saturated rings. The molecule has 28 heavy (non-hydrogen) atoms. The lowest BCUT2D eigenvalue weighted by Gasteiger charge is -2.21. The molecule has 0 spiro atoms. The third-order valence-electron chi connectivity index (χ3n) is 4.64. The van der Waals surface area contributed by atoms with Gasteiger partial charge < -0.3 is 4.90 Å². The van der Waals surface area contributed by atoms with E-state index < -0.39 is 0 Å². The zero-order valence-electron chi connectivity index (χ0n) is 17.2. The van der Waals surface area contributed by atoms with Gasteiger partial charge in [0.1, 0.15) is 0 Å². The van der Waals surface area contributed by atoms with E-state index in [1.165, 1.54) is 11.3 Å². The van der Waals surface area contributed by atoms with Gasteiger partial charge in [-0.1, -0.05) is 35.7 Å². The molecule has 0 saturated carbocycles. The van der Waals surface area contributed by atoms with Crippen molar-refractivity contribution in [2.24, 2.45) is 4.99 Å². The van der Waals surface area contributed by atoms with Gasteiger partial charge in [-0.15, -0.1) is 17.8 Å². The first-order valence-electron chi connectivity index (χ1n) is 9.25. The molecule has 0 amide bonds. The zero-order chi connectivity index (χ0) is 20.7. The normalized spacial score (nSPS) is 16.8. The van der Waals surface area contributed by atoms with E-state index >= 15 is 0 Å². The lowest BCUT2D eigenvalue weighted by molar-refractivity contribution is 0.485. The Balaban J connectivity index is 2.51. The van der Waals surface area contributed by atoms with E-state index in [0.29, 0.717) is 5.03 Å². The number of rotatable bonds is 6. The summed E-state index contributed by atoms with van der Waals surface area (Å²) < 4.78 is 0. The maximum atomic E-state index is 6.60. The van der Waals surface area contributed by atoms with Crippen LogP contribution < -0.4 is 0 Å². The van der Waals surface area contributed by atoms with Crippen LogP contribution in [-0.4, -0.2) is 24.7 Å². The van der Waals surface area contributed by atoms with Crippen LogP contribution in [0.25, 0.3) is 5.57 Å². The summed E-state index contributed by atoms with van der Waals surface area (Å²) in [6, 6.07) is 4.06. The van der Waals surface area contributed by atoms with Crippen molar-refractivity contribution in [1.29, 1.82) is 0 Å². The minimum absolute atomic E-state index is 0.649. The molecule has 2 nitrogen and oxygen atoms in total. The van der Waals surface area contributed by atoms with Crippen molar-refractivity contribution in [1.82, 2.24) is 4.90 Å². The van der Waals surface area contributed by atoms with Gasteiger partial charge >= 0.3 is 0 Å². The SMILES string of the molecule is C#C\C=C(/C(C(Cl)=CC)=C(C)/N=C(\C)C1=CC=C(N(C)C)CC1)c1cccs1. The number of hydrogen-bond acceptors (Lipinski definition) is 3. The largest absolute Gasteiger partial charge is 0.381 e. The molecular formula is C24H27ClN2S. The fraction of sp³-hybridized carbons (Fsp3) is 0.292. The average Bonchev–Trinajstić information content (AvgIpc) is 3.21. The Kier molecular flexibility index (Phi) is 8.11. The van der Waals surface area contributed by atoms with Crippen LogP contribution in [0.3, 0.4) is 0 Å². The van der Waals surface area contributed by atoms with Crippen LogP contribution in [0.5, 0.6) is 0 Å². The summed E-state index contributed by atoms with van der Waals surface area (Å²) in [5.74, 6) is 2.65. The summed E-state index contributed by atoms with van der Waals surface area (Å²) in [6.45, 7) is 5.97. The van der Waals surface area contributed by atoms with Crippen molar-refractivity contribution >= 4 is 34.2 Å². The third kappa shape index (κ3) is 5.38. The van der Waals surface area contributed by atoms with Crippen molar-refractivity contribution in [2.75, 3.05) is 14.1 Å². The minimum atomic E-state index is 0.649. The highest BCUT2D eigenvalue weighted by Crippen LogP contribution is 2.36. The Labute approximate surface area is 178 Å². The summed E-state index contributed by atoms with van der Waals surface area (Å²) in [6.07, 6.45) is 15.6. The van der Waals surface area contributed by atoms with E-state index in [1.54, 1.807) is 17.4 Å². The number of allylic oxidation sites excluding steroid dienone is 10. The van der Waals surface area contributed by atoms with Gasteiger partial charge in [0.05, 0.1) is 0 Å². The Morgan fingerprint density at radius 3 is 2.54 bits per heavy atom. The molecule has 1 heterocycles. The van der Waals surface area contributed by atoms with Gasteiger partial charge in [-0.3, -0.25) is 4.99 Å². The summed E-state index contributed by atoms with van der Waals surface area (Å²) in [7, 11) is 4.15. The molecule has 0 unspecified atom stereocenters. The first-order chi connectivity index (χ1) is 13.4. The van der Waals surface area contributed by atoms with Crippen molar-refractivity contribution in [3.05, 3.63) is 74.3 Å². The van der Waals surface area contributed by atoms with Crippen molar-refractivity contribution < 1.29 is 0 Å². The second-order valence-corrected chi connectivity index (χ2v) is 8.10. The van der Waals surface area contributed by atoms with Crippen LogP contribution in [-0.2, 0) is 0 Å². The first kappa shape index (κ1) is 22.0. The summed E-state index contributed by atoms with van der Waals surface area (Å²) in [5.41, 5.74) is 6.26. The molecular weight excluding hydrogens is 384 g/mol. The highest BCUT2D eigenvalue weighted by molar-refractivity contribution is 7.11. The van der Waals surface area contributed by atoms with Gasteiger partial charge in [0.15, 0.2) is 0 Å². The lowest BCUT2D eigenvalue weighted by Crippen LogP contribution is -2.14. The van der Waals surface area contributed by atoms with E-state index in [9.17, 15) is 0 Å². The highest BCUT2D eigenvalue weighted by Gasteiger charge is 2.16. The van der Waals surface area contributed by atoms with E-state index in [4.69, 9.17) is 23.0 Å². The van der Waals surface area contributed by atoms with Crippen molar-refractivity contribution in [3.63, 3.8) is 0 Å². The molecule has 0 aliphatic heterocycles. The summed E-state index contributed by atoms with van der Waals surface area (Å²) >= 11 is 8.23. The number of thiophene rings is 1. The number of aliphatic imine (C=N–C) groups is 1. The second kappa shape index (κ2) is 10.3. The molecule has 1 aromatic heterocycles. The maximum Gasteiger partial charge on any atom is 0.0469 e. The molecule has 1 aliphatic rings. The van der Waals surface area contributed by atoms with Gasteiger partial charge in [-0.25, -0.2) is 0 Å². The summed E-state index contributed by atoms with van der Waals surface area (Å²) in [5, 5.41) is 2.68. The smallest absolute Gasteiger partial charge is 0.0469 e. The molecule has 0 atom stereocenters. The molecule has 2 rings (SSSR count). The lowest BCUT2D eigenvalue weighted by atomic mass is 9.98. The van der Waals surface area contributed by atoms with Crippen LogP contribution in [0, 0.1) is 12.3 Å². The standard InChI is InChI=1S/C24H27ClN2S/c1-7-10-21(23-11-9-16-28-23)24(22(25)8-2)18(4)26-17(3)19-12-14-20(15-13-19)27(5)6/h1,8-12,14,16H,13,15H2,2-6H3/b21-10-,22-8?,24-18-,26-17+. The van der Waals surface area contributed by atoms with Gasteiger partial charge in [-0.05, 0) is 62.8 Å². The Morgan fingerprint density at radius 2 is 2.04 bits per heavy atom. The third-order valence-corrected chi connectivity index (χ3v) is 5.95. The molecule has 0 aromatic carbocycles. The predicted molar refractivity (Wildman–Crippen MR) is 126 cm³/mol. The van der Waals surface area contributed by atoms with Crippen molar-refractivity contribution in [2.45, 2.75) is 33.6 Å². The molecule has 1 aliphatic carbocycles. The van der Waals surface area contributed by atoms with E-state index in [2.05, 4.69) is 50.1 Å². The molecule has 0 radical (unpaired) electrons. The quantitative estimate of drug-likeness (QED) is 0.285. The van der Waals surface area contributed by atoms with E-state index in [0.717, 1.165) is 40.3 Å². The van der Waals surface area contributed by atoms with E-state index in [1.807, 2.05) is 31.4 Å². The Bertz CT molecular complexity index is 930. The highest BCUT2D eigenvalue weighted by atomic mass is 35.5. The van der Waals surface area contributed by atoms with Gasteiger partial charge in [0.25, 0.3) is 0 Å². The van der Waals surface area contributed by atoms with Crippen LogP contribution in [0.2, 0.25) is 0 Å². The van der Waals surface area contributed by atoms with Gasteiger partial charge in [0.2, 0.25) is 0 Å². The minimum Gasteiger partial charge on any atom is -0.381 e. The molecule has 0 bridgehead atoms. The molecule has 146 valence electrons. The zero-order valence-corrected chi connectivity index (χ0v) is 18.8. The van der Waals surface area contributed by atoms with Crippen LogP contribution >= 0.6 is 22.9 Å². The molecule has 1 aromatic rings. The monoisotopic (exact) mass is 410 g/mol.